The van der Waals surface area contributed by atoms with Gasteiger partial charge in [-0.1, -0.05) is 25.8 Å². The number of aliphatic carboxylic acids is 1. The summed E-state index contributed by atoms with van der Waals surface area (Å²) in [6.07, 6.45) is 6.64. The first kappa shape index (κ1) is 17.5. The maximum atomic E-state index is 12.5. The normalized spacial score (nSPS) is 29.2. The zero-order valence-electron chi connectivity index (χ0n) is 13.7. The van der Waals surface area contributed by atoms with Gasteiger partial charge in [-0.15, -0.1) is 6.58 Å². The molecule has 2 fully saturated rings. The lowest BCUT2D eigenvalue weighted by molar-refractivity contribution is -0.145. The molecular weight excluding hydrogens is 296 g/mol. The van der Waals surface area contributed by atoms with Crippen LogP contribution in [0.3, 0.4) is 0 Å². The number of carbonyl (C=O) groups is 3. The second kappa shape index (κ2) is 7.15. The van der Waals surface area contributed by atoms with Gasteiger partial charge in [0.1, 0.15) is 11.6 Å². The van der Waals surface area contributed by atoms with Gasteiger partial charge in [0, 0.05) is 18.9 Å². The van der Waals surface area contributed by atoms with Gasteiger partial charge in [0.25, 0.3) is 0 Å². The van der Waals surface area contributed by atoms with Gasteiger partial charge in [-0.3, -0.25) is 9.59 Å². The molecule has 1 aliphatic carbocycles. The topological polar surface area (TPSA) is 86.7 Å². The number of carbonyl (C=O) groups excluding carboxylic acids is 2. The number of nitrogens with one attached hydrogen (secondary N) is 1. The summed E-state index contributed by atoms with van der Waals surface area (Å²) >= 11 is 0. The van der Waals surface area contributed by atoms with E-state index in [1.54, 1.807) is 11.0 Å². The van der Waals surface area contributed by atoms with Crippen molar-refractivity contribution in [2.24, 2.45) is 5.92 Å². The van der Waals surface area contributed by atoms with Crippen LogP contribution in [0.5, 0.6) is 0 Å². The minimum Gasteiger partial charge on any atom is -0.479 e. The summed E-state index contributed by atoms with van der Waals surface area (Å²) in [6.45, 7) is 6.27. The third-order valence-electron chi connectivity index (χ3n) is 4.90. The molecule has 128 valence electrons. The Balaban J connectivity index is 1.97. The molecule has 2 N–H and O–H groups in total. The molecule has 2 rings (SSSR count). The molecule has 0 unspecified atom stereocenters. The number of carboxylic acids is 1. The van der Waals surface area contributed by atoms with Crippen LogP contribution in [-0.2, 0) is 14.4 Å². The first-order chi connectivity index (χ1) is 11.0. The van der Waals surface area contributed by atoms with Gasteiger partial charge in [0.2, 0.25) is 11.8 Å². The first-order valence-electron chi connectivity index (χ1n) is 8.43. The van der Waals surface area contributed by atoms with Crippen molar-refractivity contribution in [2.45, 2.75) is 63.5 Å². The Morgan fingerprint density at radius 1 is 1.39 bits per heavy atom. The molecule has 23 heavy (non-hydrogen) atoms. The van der Waals surface area contributed by atoms with E-state index in [9.17, 15) is 19.5 Å². The van der Waals surface area contributed by atoms with Crippen LogP contribution in [0.2, 0.25) is 0 Å². The highest BCUT2D eigenvalue weighted by Crippen LogP contribution is 2.44. The van der Waals surface area contributed by atoms with Crippen LogP contribution in [0.25, 0.3) is 0 Å². The Labute approximate surface area is 136 Å². The molecule has 2 amide bonds. The second-order valence-corrected chi connectivity index (χ2v) is 6.51. The van der Waals surface area contributed by atoms with Crippen LogP contribution < -0.4 is 5.32 Å². The lowest BCUT2D eigenvalue weighted by atomic mass is 10.1. The van der Waals surface area contributed by atoms with E-state index in [1.165, 1.54) is 0 Å². The summed E-state index contributed by atoms with van der Waals surface area (Å²) in [7, 11) is 0. The van der Waals surface area contributed by atoms with Crippen molar-refractivity contribution in [3.8, 4) is 0 Å². The van der Waals surface area contributed by atoms with Crippen molar-refractivity contribution in [3.63, 3.8) is 0 Å². The van der Waals surface area contributed by atoms with Gasteiger partial charge in [0.05, 0.1) is 0 Å². The van der Waals surface area contributed by atoms with Gasteiger partial charge in [-0.25, -0.2) is 4.79 Å². The predicted octanol–water partition coefficient (Wildman–Crippen LogP) is 1.70. The van der Waals surface area contributed by atoms with E-state index in [1.807, 2.05) is 0 Å². The zero-order chi connectivity index (χ0) is 17.0. The van der Waals surface area contributed by atoms with E-state index in [-0.39, 0.29) is 17.7 Å². The smallest absolute Gasteiger partial charge is 0.330 e. The number of amides is 2. The molecule has 0 aromatic heterocycles. The van der Waals surface area contributed by atoms with Crippen LogP contribution in [0, 0.1) is 5.92 Å². The zero-order valence-corrected chi connectivity index (χ0v) is 13.7. The second-order valence-electron chi connectivity index (χ2n) is 6.51. The Morgan fingerprint density at radius 2 is 2.13 bits per heavy atom. The van der Waals surface area contributed by atoms with Crippen LogP contribution in [-0.4, -0.2) is 45.9 Å². The molecule has 0 aromatic carbocycles. The molecule has 1 saturated carbocycles. The van der Waals surface area contributed by atoms with Gasteiger partial charge in [-0.2, -0.15) is 0 Å². The Hall–Kier alpha value is -1.85. The molecule has 1 saturated heterocycles. The van der Waals surface area contributed by atoms with Crippen molar-refractivity contribution in [2.75, 3.05) is 6.54 Å². The molecular formula is C17H26N2O4. The first-order valence-corrected chi connectivity index (χ1v) is 8.43. The molecule has 2 aliphatic rings. The molecule has 0 radical (unpaired) electrons. The van der Waals surface area contributed by atoms with E-state index in [0.717, 1.165) is 25.7 Å². The van der Waals surface area contributed by atoms with Gasteiger partial charge >= 0.3 is 5.97 Å². The average molecular weight is 322 g/mol. The monoisotopic (exact) mass is 322 g/mol. The number of hydrogen-bond acceptors (Lipinski definition) is 3. The summed E-state index contributed by atoms with van der Waals surface area (Å²) in [5.41, 5.74) is -1.22. The van der Waals surface area contributed by atoms with Crippen LogP contribution in [0.4, 0.5) is 0 Å². The molecule has 0 bridgehead atoms. The fraction of sp³-hybridized carbons (Fsp3) is 0.706. The van der Waals surface area contributed by atoms with E-state index in [2.05, 4.69) is 18.8 Å². The average Bonchev–Trinajstić information content (AvgIpc) is 3.02. The summed E-state index contributed by atoms with van der Waals surface area (Å²) in [4.78, 5) is 37.9. The molecule has 0 spiro atoms. The molecule has 6 nitrogen and oxygen atoms in total. The highest BCUT2D eigenvalue weighted by molar-refractivity contribution is 5.94. The molecule has 1 heterocycles. The van der Waals surface area contributed by atoms with Crippen molar-refractivity contribution in [1.29, 1.82) is 0 Å². The van der Waals surface area contributed by atoms with Crippen molar-refractivity contribution in [3.05, 3.63) is 12.7 Å². The number of carboxylic acid groups (broad SMARTS) is 1. The van der Waals surface area contributed by atoms with Crippen molar-refractivity contribution in [1.82, 2.24) is 10.2 Å². The quantitative estimate of drug-likeness (QED) is 0.526. The number of likely N-dealkylation sites (tertiary alicyclic amines) is 1. The van der Waals surface area contributed by atoms with Crippen LogP contribution >= 0.6 is 0 Å². The summed E-state index contributed by atoms with van der Waals surface area (Å²) in [5, 5.41) is 12.0. The van der Waals surface area contributed by atoms with E-state index >= 15 is 0 Å². The summed E-state index contributed by atoms with van der Waals surface area (Å²) in [6, 6.07) is -0.536. The standard InChI is InChI=1S/C17H26N2O4/c1-3-5-6-9-14(20)19-10-7-8-13(19)15(21)18-17(16(22)23)11-12(17)4-2/h4,12-13H,2-3,5-11H2,1H3,(H,18,21)(H,22,23)/t12-,13+,17-/m1/s1. The number of unbranched alkanes of at least 4 members (excludes halogenated alkanes) is 2. The van der Waals surface area contributed by atoms with Gasteiger partial charge in [-0.05, 0) is 25.7 Å². The Morgan fingerprint density at radius 3 is 2.70 bits per heavy atom. The summed E-state index contributed by atoms with van der Waals surface area (Å²) < 4.78 is 0. The van der Waals surface area contributed by atoms with Crippen LogP contribution in [0.15, 0.2) is 12.7 Å². The molecule has 0 aromatic rings. The summed E-state index contributed by atoms with van der Waals surface area (Å²) in [5.74, 6) is -1.62. The highest BCUT2D eigenvalue weighted by Gasteiger charge is 2.60. The molecule has 6 heteroatoms. The fourth-order valence-corrected chi connectivity index (χ4v) is 3.33. The van der Waals surface area contributed by atoms with Crippen molar-refractivity contribution < 1.29 is 19.5 Å². The maximum absolute atomic E-state index is 12.5. The number of rotatable bonds is 8. The minimum atomic E-state index is -1.22. The molecule has 1 aliphatic heterocycles. The predicted molar refractivity (Wildman–Crippen MR) is 85.7 cm³/mol. The lowest BCUT2D eigenvalue weighted by Gasteiger charge is -2.26. The lowest BCUT2D eigenvalue weighted by Crippen LogP contribution is -2.53. The van der Waals surface area contributed by atoms with E-state index < -0.39 is 17.6 Å². The van der Waals surface area contributed by atoms with Crippen LogP contribution in [0.1, 0.15) is 51.9 Å². The largest absolute Gasteiger partial charge is 0.479 e. The third kappa shape index (κ3) is 3.57. The SMILES string of the molecule is C=C[C@@H]1C[C@]1(NC(=O)[C@@H]1CCCN1C(=O)CCCCC)C(=O)O. The Kier molecular flexibility index (Phi) is 5.44. The van der Waals surface area contributed by atoms with Gasteiger partial charge in [0.15, 0.2) is 0 Å². The highest BCUT2D eigenvalue weighted by atomic mass is 16.4. The Bertz CT molecular complexity index is 505. The van der Waals surface area contributed by atoms with Gasteiger partial charge < -0.3 is 15.3 Å². The van der Waals surface area contributed by atoms with E-state index in [4.69, 9.17) is 0 Å². The fourth-order valence-electron chi connectivity index (χ4n) is 3.33. The maximum Gasteiger partial charge on any atom is 0.330 e. The number of hydrogen-bond donors (Lipinski definition) is 2. The third-order valence-corrected chi connectivity index (χ3v) is 4.90. The number of nitrogens with zero attached hydrogens (tertiary/aromatic N) is 1. The molecule has 3 atom stereocenters. The van der Waals surface area contributed by atoms with Crippen molar-refractivity contribution >= 4 is 17.8 Å². The van der Waals surface area contributed by atoms with E-state index in [0.29, 0.717) is 25.8 Å². The minimum absolute atomic E-state index is 0.00320.